The van der Waals surface area contributed by atoms with Crippen molar-refractivity contribution in [2.75, 3.05) is 19.8 Å². The second-order valence-electron chi connectivity index (χ2n) is 5.48. The number of rotatable bonds is 7. The van der Waals surface area contributed by atoms with Gasteiger partial charge >= 0.3 is 0 Å². The van der Waals surface area contributed by atoms with Gasteiger partial charge in [-0.1, -0.05) is 33.6 Å². The summed E-state index contributed by atoms with van der Waals surface area (Å²) in [6.45, 7) is 3.15. The highest BCUT2D eigenvalue weighted by Crippen LogP contribution is 2.28. The highest BCUT2D eigenvalue weighted by molar-refractivity contribution is 9.11. The predicted octanol–water partition coefficient (Wildman–Crippen LogP) is 3.51. The summed E-state index contributed by atoms with van der Waals surface area (Å²) in [4.78, 5) is 0.288. The van der Waals surface area contributed by atoms with Gasteiger partial charge in [-0.15, -0.1) is 0 Å². The molecule has 1 aliphatic rings. The summed E-state index contributed by atoms with van der Waals surface area (Å²) in [6.07, 6.45) is 4.57. The van der Waals surface area contributed by atoms with Gasteiger partial charge in [0.1, 0.15) is 0 Å². The average Bonchev–Trinajstić information content (AvgIpc) is 2.49. The molecule has 0 radical (unpaired) electrons. The molecule has 0 atom stereocenters. The molecular formula is C16H22BrNO3S. The van der Waals surface area contributed by atoms with Crippen LogP contribution in [-0.2, 0) is 14.8 Å². The first kappa shape index (κ1) is 17.7. The van der Waals surface area contributed by atoms with Gasteiger partial charge in [0.05, 0.1) is 18.1 Å². The first-order valence-electron chi connectivity index (χ1n) is 7.49. The highest BCUT2D eigenvalue weighted by Gasteiger charge is 2.13. The van der Waals surface area contributed by atoms with Crippen LogP contribution in [0.2, 0.25) is 0 Å². The molecule has 22 heavy (non-hydrogen) atoms. The highest BCUT2D eigenvalue weighted by atomic mass is 79.9. The normalized spacial score (nSPS) is 16.1. The fourth-order valence-electron chi connectivity index (χ4n) is 2.33. The van der Waals surface area contributed by atoms with E-state index in [1.807, 2.05) is 6.92 Å². The molecule has 0 saturated heterocycles. The maximum Gasteiger partial charge on any atom is 0.240 e. The number of aryl methyl sites for hydroxylation is 1. The van der Waals surface area contributed by atoms with E-state index in [0.717, 1.165) is 18.4 Å². The van der Waals surface area contributed by atoms with E-state index in [1.165, 1.54) is 22.9 Å². The maximum atomic E-state index is 12.1. The second-order valence-corrected chi connectivity index (χ2v) is 8.20. The summed E-state index contributed by atoms with van der Waals surface area (Å²) in [7, 11) is -3.44. The number of hydrogen-bond acceptors (Lipinski definition) is 3. The smallest absolute Gasteiger partial charge is 0.240 e. The number of halogens is 1. The molecular weight excluding hydrogens is 366 g/mol. The minimum atomic E-state index is -3.44. The van der Waals surface area contributed by atoms with Gasteiger partial charge in [-0.25, -0.2) is 13.1 Å². The van der Waals surface area contributed by atoms with Crippen molar-refractivity contribution in [3.63, 3.8) is 0 Å². The van der Waals surface area contributed by atoms with Gasteiger partial charge in [0.15, 0.2) is 0 Å². The zero-order valence-electron chi connectivity index (χ0n) is 12.8. The van der Waals surface area contributed by atoms with Crippen LogP contribution in [0.15, 0.2) is 39.2 Å². The SMILES string of the molecule is Cc1ccc(S(=O)(=O)NCCOCC2=C(Br)CCCC2)cc1. The van der Waals surface area contributed by atoms with E-state index >= 15 is 0 Å². The molecule has 0 bridgehead atoms. The van der Waals surface area contributed by atoms with Crippen molar-refractivity contribution in [3.8, 4) is 0 Å². The summed E-state index contributed by atoms with van der Waals surface area (Å²) < 4.78 is 33.5. The molecule has 0 amide bonds. The summed E-state index contributed by atoms with van der Waals surface area (Å²) >= 11 is 3.58. The third-order valence-electron chi connectivity index (χ3n) is 3.65. The lowest BCUT2D eigenvalue weighted by atomic mass is 10.0. The van der Waals surface area contributed by atoms with E-state index in [0.29, 0.717) is 13.2 Å². The van der Waals surface area contributed by atoms with Crippen LogP contribution in [-0.4, -0.2) is 28.2 Å². The van der Waals surface area contributed by atoms with E-state index in [-0.39, 0.29) is 11.4 Å². The van der Waals surface area contributed by atoms with E-state index in [1.54, 1.807) is 24.3 Å². The van der Waals surface area contributed by atoms with Crippen molar-refractivity contribution < 1.29 is 13.2 Å². The molecule has 0 aromatic heterocycles. The minimum absolute atomic E-state index is 0.279. The average molecular weight is 388 g/mol. The van der Waals surface area contributed by atoms with Crippen LogP contribution < -0.4 is 4.72 Å². The Balaban J connectivity index is 1.75. The Morgan fingerprint density at radius 1 is 1.18 bits per heavy atom. The minimum Gasteiger partial charge on any atom is -0.376 e. The number of allylic oxidation sites excluding steroid dienone is 1. The number of hydrogen-bond donors (Lipinski definition) is 1. The van der Waals surface area contributed by atoms with Crippen LogP contribution >= 0.6 is 15.9 Å². The Morgan fingerprint density at radius 2 is 1.86 bits per heavy atom. The van der Waals surface area contributed by atoms with Crippen molar-refractivity contribution in [2.45, 2.75) is 37.5 Å². The molecule has 0 spiro atoms. The zero-order valence-corrected chi connectivity index (χ0v) is 15.2. The molecule has 1 aromatic carbocycles. The molecule has 0 unspecified atom stereocenters. The molecule has 0 saturated carbocycles. The van der Waals surface area contributed by atoms with Crippen molar-refractivity contribution in [3.05, 3.63) is 39.9 Å². The molecule has 0 heterocycles. The van der Waals surface area contributed by atoms with E-state index in [4.69, 9.17) is 4.74 Å². The van der Waals surface area contributed by atoms with Crippen LogP contribution in [0.3, 0.4) is 0 Å². The Hall–Kier alpha value is -0.690. The summed E-state index contributed by atoms with van der Waals surface area (Å²) in [6, 6.07) is 6.81. The Kier molecular flexibility index (Phi) is 6.62. The van der Waals surface area contributed by atoms with Crippen molar-refractivity contribution >= 4 is 26.0 Å². The number of benzene rings is 1. The van der Waals surface area contributed by atoms with Gasteiger partial charge in [-0.3, -0.25) is 0 Å². The molecule has 2 rings (SSSR count). The van der Waals surface area contributed by atoms with Crippen LogP contribution in [0, 0.1) is 6.92 Å². The van der Waals surface area contributed by atoms with Gasteiger partial charge in [0.2, 0.25) is 10.0 Å². The van der Waals surface area contributed by atoms with E-state index < -0.39 is 10.0 Å². The topological polar surface area (TPSA) is 55.4 Å². The molecule has 6 heteroatoms. The molecule has 1 N–H and O–H groups in total. The number of nitrogens with one attached hydrogen (secondary N) is 1. The molecule has 0 aliphatic heterocycles. The lowest BCUT2D eigenvalue weighted by Gasteiger charge is -2.16. The second kappa shape index (κ2) is 8.24. The summed E-state index contributed by atoms with van der Waals surface area (Å²) in [5.41, 5.74) is 2.33. The van der Waals surface area contributed by atoms with Crippen molar-refractivity contribution in [1.82, 2.24) is 4.72 Å². The quantitative estimate of drug-likeness (QED) is 0.728. The molecule has 1 aliphatic carbocycles. The Bertz CT molecular complexity index is 623. The van der Waals surface area contributed by atoms with Gasteiger partial charge in [-0.05, 0) is 54.8 Å². The van der Waals surface area contributed by atoms with Gasteiger partial charge in [-0.2, -0.15) is 0 Å². The largest absolute Gasteiger partial charge is 0.376 e. The standard InChI is InChI=1S/C16H22BrNO3S/c1-13-6-8-15(9-7-13)22(19,20)18-10-11-21-12-14-4-2-3-5-16(14)17/h6-9,18H,2-5,10-12H2,1H3. The van der Waals surface area contributed by atoms with E-state index in [9.17, 15) is 8.42 Å². The number of sulfonamides is 1. The van der Waals surface area contributed by atoms with Crippen LogP contribution in [0.4, 0.5) is 0 Å². The maximum absolute atomic E-state index is 12.1. The molecule has 0 fully saturated rings. The fourth-order valence-corrected chi connectivity index (χ4v) is 3.93. The Morgan fingerprint density at radius 3 is 2.55 bits per heavy atom. The summed E-state index contributed by atoms with van der Waals surface area (Å²) in [5, 5.41) is 0. The first-order chi connectivity index (χ1) is 10.5. The van der Waals surface area contributed by atoms with Gasteiger partial charge in [0.25, 0.3) is 0 Å². The van der Waals surface area contributed by atoms with E-state index in [2.05, 4.69) is 20.7 Å². The third-order valence-corrected chi connectivity index (χ3v) is 6.09. The lowest BCUT2D eigenvalue weighted by Crippen LogP contribution is -2.27. The molecule has 1 aromatic rings. The molecule has 4 nitrogen and oxygen atoms in total. The summed E-state index contributed by atoms with van der Waals surface area (Å²) in [5.74, 6) is 0. The number of ether oxygens (including phenoxy) is 1. The predicted molar refractivity (Wildman–Crippen MR) is 91.6 cm³/mol. The Labute approximate surface area is 141 Å². The van der Waals surface area contributed by atoms with Gasteiger partial charge < -0.3 is 4.74 Å². The first-order valence-corrected chi connectivity index (χ1v) is 9.77. The fraction of sp³-hybridized carbons (Fsp3) is 0.500. The van der Waals surface area contributed by atoms with Gasteiger partial charge in [0, 0.05) is 6.54 Å². The van der Waals surface area contributed by atoms with Crippen LogP contribution in [0.1, 0.15) is 31.2 Å². The third kappa shape index (κ3) is 5.19. The molecule has 122 valence electrons. The van der Waals surface area contributed by atoms with Crippen LogP contribution in [0.25, 0.3) is 0 Å². The lowest BCUT2D eigenvalue weighted by molar-refractivity contribution is 0.158. The monoisotopic (exact) mass is 387 g/mol. The van der Waals surface area contributed by atoms with Crippen LogP contribution in [0.5, 0.6) is 0 Å². The van der Waals surface area contributed by atoms with Crippen molar-refractivity contribution in [2.24, 2.45) is 0 Å². The zero-order chi connectivity index (χ0) is 16.0. The van der Waals surface area contributed by atoms with Crippen molar-refractivity contribution in [1.29, 1.82) is 0 Å².